The van der Waals surface area contributed by atoms with Gasteiger partial charge in [0.05, 0.1) is 6.42 Å². The van der Waals surface area contributed by atoms with E-state index in [1.807, 2.05) is 24.4 Å². The third kappa shape index (κ3) is 3.67. The second kappa shape index (κ2) is 6.15. The number of nitrogens with one attached hydrogen (secondary N) is 1. The molecule has 1 aromatic rings. The zero-order valence-electron chi connectivity index (χ0n) is 9.49. The molecule has 0 saturated carbocycles. The fourth-order valence-electron chi connectivity index (χ4n) is 1.72. The van der Waals surface area contributed by atoms with Crippen LogP contribution in [-0.2, 0) is 6.42 Å². The predicted octanol–water partition coefficient (Wildman–Crippen LogP) is -2.01. The van der Waals surface area contributed by atoms with Crippen molar-refractivity contribution in [1.29, 1.82) is 0 Å². The van der Waals surface area contributed by atoms with Crippen molar-refractivity contribution in [3.05, 3.63) is 36.2 Å². The number of anilines is 2. The molecule has 0 saturated heterocycles. The predicted molar refractivity (Wildman–Crippen MR) is 67.6 cm³/mol. The topological polar surface area (TPSA) is 78.2 Å². The Morgan fingerprint density at radius 3 is 2.71 bits per heavy atom. The van der Waals surface area contributed by atoms with E-state index in [4.69, 9.17) is 11.5 Å². The minimum atomic E-state index is 0. The van der Waals surface area contributed by atoms with E-state index >= 15 is 0 Å². The average molecular weight is 252 g/mol. The maximum Gasteiger partial charge on any atom is 0.296 e. The summed E-state index contributed by atoms with van der Waals surface area (Å²) in [5, 5.41) is 3.08. The summed E-state index contributed by atoms with van der Waals surface area (Å²) < 4.78 is 0. The molecule has 0 bridgehead atoms. The number of rotatable bonds is 4. The van der Waals surface area contributed by atoms with Crippen LogP contribution in [0.3, 0.4) is 0 Å². The number of hydrogen-bond acceptors (Lipinski definition) is 4. The molecule has 91 valence electrons. The molecule has 5 heteroatoms. The molecule has 0 aliphatic carbocycles. The van der Waals surface area contributed by atoms with Gasteiger partial charge in [0.2, 0.25) is 0 Å². The minimum absolute atomic E-state index is 0. The Morgan fingerprint density at radius 2 is 2.00 bits per heavy atom. The number of aryl methyl sites for hydroxylation is 1. The van der Waals surface area contributed by atoms with Crippen LogP contribution in [0.4, 0.5) is 11.4 Å². The van der Waals surface area contributed by atoms with Crippen LogP contribution in [0.25, 0.3) is 0 Å². The molecule has 17 heavy (non-hydrogen) atoms. The number of nitrogen functional groups attached to an aromatic ring is 2. The van der Waals surface area contributed by atoms with Crippen LogP contribution in [0.15, 0.2) is 30.6 Å². The Bertz CT molecular complexity index is 440. The van der Waals surface area contributed by atoms with Crippen molar-refractivity contribution in [1.82, 2.24) is 10.3 Å². The monoisotopic (exact) mass is 251 g/mol. The van der Waals surface area contributed by atoms with Crippen molar-refractivity contribution < 1.29 is 12.4 Å². The van der Waals surface area contributed by atoms with E-state index in [9.17, 15) is 0 Å². The van der Waals surface area contributed by atoms with E-state index in [2.05, 4.69) is 10.3 Å². The van der Waals surface area contributed by atoms with Crippen molar-refractivity contribution in [2.45, 2.75) is 19.3 Å². The second-order valence-corrected chi connectivity index (χ2v) is 3.85. The summed E-state index contributed by atoms with van der Waals surface area (Å²) in [5.41, 5.74) is 14.3. The normalized spacial score (nSPS) is 12.8. The maximum atomic E-state index is 5.87. The molecule has 4 nitrogen and oxygen atoms in total. The molecule has 2 rings (SSSR count). The van der Waals surface area contributed by atoms with E-state index in [-0.39, 0.29) is 12.4 Å². The van der Waals surface area contributed by atoms with Crippen LogP contribution in [0.5, 0.6) is 0 Å². The van der Waals surface area contributed by atoms with Crippen LogP contribution in [-0.4, -0.2) is 5.84 Å². The van der Waals surface area contributed by atoms with Gasteiger partial charge in [-0.15, -0.1) is 0 Å². The highest BCUT2D eigenvalue weighted by Crippen LogP contribution is 2.17. The summed E-state index contributed by atoms with van der Waals surface area (Å²) in [7, 11) is 0. The average Bonchev–Trinajstić information content (AvgIpc) is 2.76. The second-order valence-electron chi connectivity index (χ2n) is 3.85. The summed E-state index contributed by atoms with van der Waals surface area (Å²) >= 11 is 0. The summed E-state index contributed by atoms with van der Waals surface area (Å²) in [6.45, 7) is 0. The maximum absolute atomic E-state index is 5.87. The molecular weight excluding hydrogens is 236 g/mol. The highest BCUT2D eigenvalue weighted by Gasteiger charge is 2.11. The van der Waals surface area contributed by atoms with Crippen LogP contribution in [0.1, 0.15) is 18.4 Å². The van der Waals surface area contributed by atoms with Gasteiger partial charge in [0, 0.05) is 11.4 Å². The van der Waals surface area contributed by atoms with Crippen LogP contribution in [0, 0.1) is 0 Å². The van der Waals surface area contributed by atoms with E-state index < -0.39 is 0 Å². The van der Waals surface area contributed by atoms with Crippen molar-refractivity contribution in [2.24, 2.45) is 0 Å². The highest BCUT2D eigenvalue weighted by molar-refractivity contribution is 5.83. The first-order chi connectivity index (χ1) is 7.75. The number of amidine groups is 1. The van der Waals surface area contributed by atoms with Crippen molar-refractivity contribution in [3.63, 3.8) is 0 Å². The molecule has 1 aliphatic rings. The molecule has 0 fully saturated rings. The van der Waals surface area contributed by atoms with Gasteiger partial charge in [-0.2, -0.15) is 0 Å². The molecular formula is C12H16ClN4. The fraction of sp³-hybridized carbons (Fsp3) is 0.250. The molecule has 0 spiro atoms. The molecule has 0 aromatic heterocycles. The van der Waals surface area contributed by atoms with Crippen LogP contribution < -0.4 is 34.2 Å². The van der Waals surface area contributed by atoms with Gasteiger partial charge in [-0.25, -0.2) is 5.32 Å². The molecule has 5 N–H and O–H groups in total. The number of nitrogens with two attached hydrogens (primary N) is 2. The minimum Gasteiger partial charge on any atom is -1.00 e. The molecule has 0 atom stereocenters. The van der Waals surface area contributed by atoms with Crippen LogP contribution in [0.2, 0.25) is 0 Å². The zero-order chi connectivity index (χ0) is 11.4. The van der Waals surface area contributed by atoms with E-state index in [0.29, 0.717) is 0 Å². The quantitative estimate of drug-likeness (QED) is 0.541. The number of nitrogens with zero attached hydrogens (tertiary/aromatic N) is 1. The van der Waals surface area contributed by atoms with E-state index in [1.54, 1.807) is 6.20 Å². The van der Waals surface area contributed by atoms with Gasteiger partial charge in [-0.05, 0) is 36.6 Å². The Balaban J connectivity index is 0.00000144. The van der Waals surface area contributed by atoms with Gasteiger partial charge < -0.3 is 23.9 Å². The van der Waals surface area contributed by atoms with Crippen molar-refractivity contribution in [3.8, 4) is 0 Å². The Hall–Kier alpha value is -1.68. The zero-order valence-corrected chi connectivity index (χ0v) is 10.2. The largest absolute Gasteiger partial charge is 1.00 e. The first kappa shape index (κ1) is 13.4. The number of hydrogen-bond donors (Lipinski definition) is 3. The first-order valence-electron chi connectivity index (χ1n) is 5.38. The molecule has 1 heterocycles. The SMILES string of the molecule is Nc1ccc(N)c(CCCC2=[N+]C=CN2)c1.[Cl-]. The van der Waals surface area contributed by atoms with Gasteiger partial charge in [0.25, 0.3) is 5.84 Å². The smallest absolute Gasteiger partial charge is 0.296 e. The third-order valence-corrected chi connectivity index (χ3v) is 2.58. The van der Waals surface area contributed by atoms with E-state index in [1.165, 1.54) is 0 Å². The van der Waals surface area contributed by atoms with Gasteiger partial charge >= 0.3 is 0 Å². The fourth-order valence-corrected chi connectivity index (χ4v) is 1.72. The number of benzene rings is 1. The van der Waals surface area contributed by atoms with Crippen molar-refractivity contribution in [2.75, 3.05) is 11.5 Å². The van der Waals surface area contributed by atoms with E-state index in [0.717, 1.165) is 42.0 Å². The lowest BCUT2D eigenvalue weighted by Gasteiger charge is -2.05. The third-order valence-electron chi connectivity index (χ3n) is 2.58. The molecule has 0 amide bonds. The highest BCUT2D eigenvalue weighted by atomic mass is 35.5. The standard InChI is InChI=1S/C12H16N4.ClH/c13-10-4-5-11(14)9(8-10)2-1-3-12-15-6-7-16-12;/h4-8,15H,1-3,13-14H2;1H/q+1;/p-1. The summed E-state index contributed by atoms with van der Waals surface area (Å²) in [6, 6.07) is 5.63. The van der Waals surface area contributed by atoms with Crippen LogP contribution >= 0.6 is 0 Å². The molecule has 1 radical (unpaired) electrons. The molecule has 1 aromatic carbocycles. The van der Waals surface area contributed by atoms with Gasteiger partial charge in [-0.1, -0.05) is 4.99 Å². The lowest BCUT2D eigenvalue weighted by atomic mass is 10.1. The molecule has 0 unspecified atom stereocenters. The Morgan fingerprint density at radius 1 is 1.18 bits per heavy atom. The summed E-state index contributed by atoms with van der Waals surface area (Å²) in [4.78, 5) is 4.18. The molecule has 1 aliphatic heterocycles. The lowest BCUT2D eigenvalue weighted by molar-refractivity contribution is -0.00000349. The summed E-state index contributed by atoms with van der Waals surface area (Å²) in [6.07, 6.45) is 6.48. The number of halogens is 1. The van der Waals surface area contributed by atoms with Crippen molar-refractivity contribution >= 4 is 17.2 Å². The summed E-state index contributed by atoms with van der Waals surface area (Å²) in [5.74, 6) is 1.02. The Labute approximate surface area is 107 Å². The van der Waals surface area contributed by atoms with Gasteiger partial charge in [-0.3, -0.25) is 0 Å². The number of aliphatic imine (C=N–C) groups is 1. The van der Waals surface area contributed by atoms with Gasteiger partial charge in [0.1, 0.15) is 6.20 Å². The van der Waals surface area contributed by atoms with Gasteiger partial charge in [0.15, 0.2) is 6.20 Å². The first-order valence-corrected chi connectivity index (χ1v) is 5.38. The lowest BCUT2D eigenvalue weighted by Crippen LogP contribution is -3.00. The Kier molecular flexibility index (Phi) is 4.84.